The minimum Gasteiger partial charge on any atom is -0.480 e. The highest BCUT2D eigenvalue weighted by atomic mass is 19.1. The maximum absolute atomic E-state index is 12.3. The van der Waals surface area contributed by atoms with Crippen molar-refractivity contribution < 1.29 is 19.1 Å². The summed E-state index contributed by atoms with van der Waals surface area (Å²) in [5.41, 5.74) is -0.551. The summed E-state index contributed by atoms with van der Waals surface area (Å²) in [4.78, 5) is 22.4. The summed E-state index contributed by atoms with van der Waals surface area (Å²) in [6.45, 7) is 2.48. The highest BCUT2D eigenvalue weighted by Gasteiger charge is 2.43. The molecule has 1 aliphatic carbocycles. The van der Waals surface area contributed by atoms with Crippen molar-refractivity contribution in [3.05, 3.63) is 12.7 Å². The third kappa shape index (κ3) is 2.40. The number of rotatable bonds is 6. The number of nitrogens with one attached hydrogen (secondary N) is 1. The highest BCUT2D eigenvalue weighted by molar-refractivity contribution is 5.88. The van der Waals surface area contributed by atoms with Gasteiger partial charge >= 0.3 is 5.97 Å². The van der Waals surface area contributed by atoms with Gasteiger partial charge in [0.1, 0.15) is 6.67 Å². The molecule has 1 atom stereocenters. The summed E-state index contributed by atoms with van der Waals surface area (Å²) in [7, 11) is 0. The molecule has 1 aliphatic rings. The Morgan fingerprint density at radius 2 is 2.19 bits per heavy atom. The van der Waals surface area contributed by atoms with Crippen LogP contribution in [0.15, 0.2) is 12.7 Å². The van der Waals surface area contributed by atoms with Gasteiger partial charge < -0.3 is 10.4 Å². The van der Waals surface area contributed by atoms with Crippen LogP contribution >= 0.6 is 0 Å². The first-order chi connectivity index (χ1) is 7.55. The lowest BCUT2D eigenvalue weighted by Gasteiger charge is -2.40. The second kappa shape index (κ2) is 5.09. The molecule has 0 aromatic rings. The van der Waals surface area contributed by atoms with Crippen LogP contribution < -0.4 is 5.32 Å². The summed E-state index contributed by atoms with van der Waals surface area (Å²) < 4.78 is 12.3. The Hall–Kier alpha value is -1.39. The van der Waals surface area contributed by atoms with Crippen LogP contribution in [0.2, 0.25) is 0 Å². The van der Waals surface area contributed by atoms with Crippen molar-refractivity contribution in [2.45, 2.75) is 31.7 Å². The van der Waals surface area contributed by atoms with Crippen LogP contribution in [0.5, 0.6) is 0 Å². The molecule has 1 amide bonds. The van der Waals surface area contributed by atoms with Crippen LogP contribution in [0.1, 0.15) is 25.7 Å². The number of allylic oxidation sites excluding steroid dienone is 1. The average molecular weight is 229 g/mol. The number of carbonyl (C=O) groups is 2. The van der Waals surface area contributed by atoms with E-state index in [1.54, 1.807) is 6.08 Å². The van der Waals surface area contributed by atoms with Gasteiger partial charge in [-0.15, -0.1) is 6.58 Å². The number of hydrogen-bond donors (Lipinski definition) is 2. The van der Waals surface area contributed by atoms with Gasteiger partial charge in [0.15, 0.2) is 6.04 Å². The molecule has 1 rings (SSSR count). The largest absolute Gasteiger partial charge is 0.480 e. The van der Waals surface area contributed by atoms with E-state index in [1.165, 1.54) is 0 Å². The first kappa shape index (κ1) is 12.7. The lowest BCUT2D eigenvalue weighted by molar-refractivity contribution is -0.146. The predicted molar refractivity (Wildman–Crippen MR) is 56.6 cm³/mol. The molecule has 1 unspecified atom stereocenters. The van der Waals surface area contributed by atoms with Crippen LogP contribution in [-0.4, -0.2) is 29.7 Å². The lowest BCUT2D eigenvalue weighted by atomic mass is 9.66. The summed E-state index contributed by atoms with van der Waals surface area (Å²) in [6, 6.07) is -1.44. The fourth-order valence-corrected chi connectivity index (χ4v) is 1.88. The fourth-order valence-electron chi connectivity index (χ4n) is 1.88. The zero-order chi connectivity index (χ0) is 12.2. The van der Waals surface area contributed by atoms with Gasteiger partial charge in [0, 0.05) is 0 Å². The van der Waals surface area contributed by atoms with Crippen molar-refractivity contribution in [2.24, 2.45) is 5.41 Å². The van der Waals surface area contributed by atoms with E-state index in [-0.39, 0.29) is 5.91 Å². The second-order valence-corrected chi connectivity index (χ2v) is 4.15. The third-order valence-electron chi connectivity index (χ3n) is 3.09. The van der Waals surface area contributed by atoms with Gasteiger partial charge in [0.2, 0.25) is 5.91 Å². The zero-order valence-electron chi connectivity index (χ0n) is 9.04. The number of alkyl halides is 1. The first-order valence-corrected chi connectivity index (χ1v) is 5.26. The van der Waals surface area contributed by atoms with E-state index in [9.17, 15) is 14.0 Å². The number of amides is 1. The van der Waals surface area contributed by atoms with Crippen LogP contribution in [0, 0.1) is 5.41 Å². The number of hydrogen-bond acceptors (Lipinski definition) is 2. The van der Waals surface area contributed by atoms with Crippen molar-refractivity contribution in [2.75, 3.05) is 6.67 Å². The van der Waals surface area contributed by atoms with E-state index in [0.717, 1.165) is 6.42 Å². The first-order valence-electron chi connectivity index (χ1n) is 5.26. The summed E-state index contributed by atoms with van der Waals surface area (Å²) in [5.74, 6) is -1.72. The van der Waals surface area contributed by atoms with Crippen LogP contribution in [0.4, 0.5) is 4.39 Å². The Morgan fingerprint density at radius 1 is 1.56 bits per heavy atom. The van der Waals surface area contributed by atoms with Crippen molar-refractivity contribution in [3.8, 4) is 0 Å². The Morgan fingerprint density at radius 3 is 2.50 bits per heavy atom. The molecule has 2 N–H and O–H groups in total. The molecule has 1 saturated carbocycles. The molecule has 0 aromatic heterocycles. The van der Waals surface area contributed by atoms with Crippen molar-refractivity contribution in [1.29, 1.82) is 0 Å². The summed E-state index contributed by atoms with van der Waals surface area (Å²) in [5, 5.41) is 10.9. The average Bonchev–Trinajstić information content (AvgIpc) is 2.18. The minimum absolute atomic E-state index is 0.372. The molecule has 16 heavy (non-hydrogen) atoms. The van der Waals surface area contributed by atoms with E-state index in [2.05, 4.69) is 11.9 Å². The highest BCUT2D eigenvalue weighted by Crippen LogP contribution is 2.44. The number of halogens is 1. The van der Waals surface area contributed by atoms with Gasteiger partial charge in [0.25, 0.3) is 0 Å². The number of carboxylic acid groups (broad SMARTS) is 1. The van der Waals surface area contributed by atoms with Crippen LogP contribution in [-0.2, 0) is 9.59 Å². The standard InChI is InChI=1S/C11H16FNO3/c1-2-4-11(5-3-6-11)10(16)13-8(7-12)9(14)15/h2,8H,1,3-7H2,(H,13,16)(H,14,15). The summed E-state index contributed by atoms with van der Waals surface area (Å²) in [6.07, 6.45) is 4.52. The quantitative estimate of drug-likeness (QED) is 0.674. The topological polar surface area (TPSA) is 66.4 Å². The molecule has 1 fully saturated rings. The summed E-state index contributed by atoms with van der Waals surface area (Å²) >= 11 is 0. The molecule has 0 spiro atoms. The molecular weight excluding hydrogens is 213 g/mol. The molecule has 0 radical (unpaired) electrons. The molecule has 0 saturated heterocycles. The maximum Gasteiger partial charge on any atom is 0.328 e. The van der Waals surface area contributed by atoms with E-state index in [4.69, 9.17) is 5.11 Å². The number of carboxylic acids is 1. The van der Waals surface area contributed by atoms with Crippen molar-refractivity contribution >= 4 is 11.9 Å². The Labute approximate surface area is 93.5 Å². The molecule has 0 heterocycles. The van der Waals surface area contributed by atoms with Gasteiger partial charge in [-0.05, 0) is 19.3 Å². The van der Waals surface area contributed by atoms with E-state index in [0.29, 0.717) is 19.3 Å². The van der Waals surface area contributed by atoms with Gasteiger partial charge in [-0.25, -0.2) is 9.18 Å². The van der Waals surface area contributed by atoms with Crippen molar-refractivity contribution in [3.63, 3.8) is 0 Å². The van der Waals surface area contributed by atoms with Crippen molar-refractivity contribution in [1.82, 2.24) is 5.32 Å². The Bertz CT molecular complexity index is 300. The SMILES string of the molecule is C=CCC1(C(=O)NC(CF)C(=O)O)CCC1. The number of carbonyl (C=O) groups excluding carboxylic acids is 1. The van der Waals surface area contributed by atoms with Gasteiger partial charge in [-0.2, -0.15) is 0 Å². The normalized spacial score (nSPS) is 19.3. The van der Waals surface area contributed by atoms with Crippen LogP contribution in [0.25, 0.3) is 0 Å². The Kier molecular flexibility index (Phi) is 4.04. The second-order valence-electron chi connectivity index (χ2n) is 4.15. The Balaban J connectivity index is 2.62. The fraction of sp³-hybridized carbons (Fsp3) is 0.636. The molecular formula is C11H16FNO3. The van der Waals surface area contributed by atoms with Gasteiger partial charge in [0.05, 0.1) is 5.41 Å². The molecule has 0 bridgehead atoms. The van der Waals surface area contributed by atoms with E-state index < -0.39 is 24.1 Å². The molecule has 5 heteroatoms. The van der Waals surface area contributed by atoms with E-state index in [1.807, 2.05) is 0 Å². The zero-order valence-corrected chi connectivity index (χ0v) is 9.04. The maximum atomic E-state index is 12.3. The third-order valence-corrected chi connectivity index (χ3v) is 3.09. The van der Waals surface area contributed by atoms with Gasteiger partial charge in [-0.3, -0.25) is 4.79 Å². The minimum atomic E-state index is -1.44. The lowest BCUT2D eigenvalue weighted by Crippen LogP contribution is -2.51. The van der Waals surface area contributed by atoms with Gasteiger partial charge in [-0.1, -0.05) is 12.5 Å². The molecule has 90 valence electrons. The smallest absolute Gasteiger partial charge is 0.328 e. The molecule has 0 aromatic carbocycles. The molecule has 4 nitrogen and oxygen atoms in total. The van der Waals surface area contributed by atoms with E-state index >= 15 is 0 Å². The number of aliphatic carboxylic acids is 1. The van der Waals surface area contributed by atoms with Crippen LogP contribution in [0.3, 0.4) is 0 Å². The molecule has 0 aliphatic heterocycles. The predicted octanol–water partition coefficient (Wildman–Crippen LogP) is 1.27. The monoisotopic (exact) mass is 229 g/mol.